The average Bonchev–Trinajstić information content (AvgIpc) is 2.81. The standard InChI is InChI=1S/C9H19N3/c1-7(2)6-12(8-4-5-8)9(10)11-3/h7-8H,4-6H2,1-3H3,(H2,10,11). The molecular formula is C9H19N3. The van der Waals surface area contributed by atoms with Gasteiger partial charge in [-0.2, -0.15) is 0 Å². The minimum atomic E-state index is 0.658. The summed E-state index contributed by atoms with van der Waals surface area (Å²) in [6.07, 6.45) is 2.56. The zero-order valence-electron chi connectivity index (χ0n) is 8.25. The number of hydrogen-bond donors (Lipinski definition) is 1. The van der Waals surface area contributed by atoms with Crippen molar-refractivity contribution in [3.8, 4) is 0 Å². The molecule has 0 heterocycles. The third kappa shape index (κ3) is 2.40. The van der Waals surface area contributed by atoms with E-state index < -0.39 is 0 Å². The Kier molecular flexibility index (Phi) is 2.95. The molecule has 0 atom stereocenters. The van der Waals surface area contributed by atoms with Crippen LogP contribution in [0.5, 0.6) is 0 Å². The normalized spacial score (nSPS) is 18.5. The Bertz CT molecular complexity index is 171. The van der Waals surface area contributed by atoms with Gasteiger partial charge >= 0.3 is 0 Å². The molecule has 70 valence electrons. The fraction of sp³-hybridized carbons (Fsp3) is 0.889. The molecule has 1 aliphatic carbocycles. The zero-order valence-corrected chi connectivity index (χ0v) is 8.25. The Morgan fingerprint density at radius 2 is 2.17 bits per heavy atom. The van der Waals surface area contributed by atoms with Crippen molar-refractivity contribution < 1.29 is 0 Å². The van der Waals surface area contributed by atoms with Crippen molar-refractivity contribution in [3.05, 3.63) is 0 Å². The van der Waals surface area contributed by atoms with Gasteiger partial charge in [0.1, 0.15) is 0 Å². The molecule has 1 rings (SSSR count). The lowest BCUT2D eigenvalue weighted by Crippen LogP contribution is -2.41. The van der Waals surface area contributed by atoms with Crippen LogP contribution in [-0.4, -0.2) is 30.5 Å². The number of nitrogens with two attached hydrogens (primary N) is 1. The van der Waals surface area contributed by atoms with Crippen molar-refractivity contribution in [2.45, 2.75) is 32.7 Å². The van der Waals surface area contributed by atoms with E-state index in [1.807, 2.05) is 0 Å². The largest absolute Gasteiger partial charge is 0.370 e. The van der Waals surface area contributed by atoms with Gasteiger partial charge < -0.3 is 10.6 Å². The SMILES string of the molecule is CN=C(N)N(CC(C)C)C1CC1. The molecule has 12 heavy (non-hydrogen) atoms. The number of aliphatic imine (C=N–C) groups is 1. The molecule has 0 radical (unpaired) electrons. The van der Waals surface area contributed by atoms with Gasteiger partial charge in [0.05, 0.1) is 0 Å². The summed E-state index contributed by atoms with van der Waals surface area (Å²) in [6, 6.07) is 0.677. The molecule has 0 aromatic rings. The quantitative estimate of drug-likeness (QED) is 0.507. The molecule has 2 N–H and O–H groups in total. The topological polar surface area (TPSA) is 41.6 Å². The predicted octanol–water partition coefficient (Wildman–Crippen LogP) is 1.05. The molecule has 0 aromatic carbocycles. The van der Waals surface area contributed by atoms with E-state index in [4.69, 9.17) is 5.73 Å². The molecule has 0 spiro atoms. The fourth-order valence-electron chi connectivity index (χ4n) is 1.34. The summed E-state index contributed by atoms with van der Waals surface area (Å²) < 4.78 is 0. The molecule has 1 saturated carbocycles. The molecule has 0 bridgehead atoms. The van der Waals surface area contributed by atoms with E-state index in [1.54, 1.807) is 7.05 Å². The highest BCUT2D eigenvalue weighted by Gasteiger charge is 2.30. The zero-order chi connectivity index (χ0) is 9.14. The summed E-state index contributed by atoms with van der Waals surface area (Å²) in [4.78, 5) is 6.25. The molecule has 1 aliphatic rings. The van der Waals surface area contributed by atoms with Gasteiger partial charge in [0.25, 0.3) is 0 Å². The van der Waals surface area contributed by atoms with Gasteiger partial charge in [0.15, 0.2) is 5.96 Å². The third-order valence-electron chi connectivity index (χ3n) is 2.07. The highest BCUT2D eigenvalue weighted by atomic mass is 15.3. The lowest BCUT2D eigenvalue weighted by atomic mass is 10.2. The first-order valence-electron chi connectivity index (χ1n) is 4.64. The molecule has 0 aliphatic heterocycles. The van der Waals surface area contributed by atoms with Crippen molar-refractivity contribution in [1.82, 2.24) is 4.90 Å². The Morgan fingerprint density at radius 3 is 2.50 bits per heavy atom. The molecule has 0 aromatic heterocycles. The molecule has 3 nitrogen and oxygen atoms in total. The van der Waals surface area contributed by atoms with Crippen LogP contribution >= 0.6 is 0 Å². The van der Waals surface area contributed by atoms with Crippen LogP contribution in [0.1, 0.15) is 26.7 Å². The molecule has 0 amide bonds. The Morgan fingerprint density at radius 1 is 1.58 bits per heavy atom. The first kappa shape index (κ1) is 9.36. The first-order valence-corrected chi connectivity index (χ1v) is 4.64. The van der Waals surface area contributed by atoms with Gasteiger partial charge in [-0.25, -0.2) is 0 Å². The van der Waals surface area contributed by atoms with E-state index in [0.29, 0.717) is 17.9 Å². The van der Waals surface area contributed by atoms with Crippen molar-refractivity contribution in [2.24, 2.45) is 16.6 Å². The summed E-state index contributed by atoms with van der Waals surface area (Å²) >= 11 is 0. The minimum absolute atomic E-state index is 0.658. The second-order valence-electron chi connectivity index (χ2n) is 3.86. The summed E-state index contributed by atoms with van der Waals surface area (Å²) in [5.74, 6) is 1.36. The highest BCUT2D eigenvalue weighted by Crippen LogP contribution is 2.27. The van der Waals surface area contributed by atoms with E-state index in [-0.39, 0.29) is 0 Å². The summed E-state index contributed by atoms with van der Waals surface area (Å²) in [5.41, 5.74) is 5.78. The van der Waals surface area contributed by atoms with Gasteiger partial charge in [0, 0.05) is 19.6 Å². The maximum absolute atomic E-state index is 5.78. The number of guanidine groups is 1. The third-order valence-corrected chi connectivity index (χ3v) is 2.07. The van der Waals surface area contributed by atoms with Crippen LogP contribution in [0.15, 0.2) is 4.99 Å². The van der Waals surface area contributed by atoms with Crippen LogP contribution in [-0.2, 0) is 0 Å². The summed E-state index contributed by atoms with van der Waals surface area (Å²) in [6.45, 7) is 5.45. The molecule has 3 heteroatoms. The Balaban J connectivity index is 2.48. The van der Waals surface area contributed by atoms with Gasteiger partial charge in [-0.15, -0.1) is 0 Å². The lowest BCUT2D eigenvalue weighted by molar-refractivity contribution is 0.353. The van der Waals surface area contributed by atoms with Crippen LogP contribution in [0.2, 0.25) is 0 Å². The smallest absolute Gasteiger partial charge is 0.191 e. The van der Waals surface area contributed by atoms with Crippen LogP contribution in [0.25, 0.3) is 0 Å². The summed E-state index contributed by atoms with van der Waals surface area (Å²) in [5, 5.41) is 0. The van der Waals surface area contributed by atoms with Crippen molar-refractivity contribution in [2.75, 3.05) is 13.6 Å². The van der Waals surface area contributed by atoms with Gasteiger partial charge in [-0.05, 0) is 18.8 Å². The van der Waals surface area contributed by atoms with Crippen molar-refractivity contribution >= 4 is 5.96 Å². The highest BCUT2D eigenvalue weighted by molar-refractivity contribution is 5.78. The Labute approximate surface area is 74.6 Å². The van der Waals surface area contributed by atoms with Gasteiger partial charge in [-0.1, -0.05) is 13.8 Å². The lowest BCUT2D eigenvalue weighted by Gasteiger charge is -2.24. The predicted molar refractivity (Wildman–Crippen MR) is 52.1 cm³/mol. The second-order valence-corrected chi connectivity index (χ2v) is 3.86. The second kappa shape index (κ2) is 3.78. The minimum Gasteiger partial charge on any atom is -0.370 e. The van der Waals surface area contributed by atoms with E-state index in [1.165, 1.54) is 12.8 Å². The maximum atomic E-state index is 5.78. The molecule has 0 saturated heterocycles. The molecule has 0 unspecified atom stereocenters. The van der Waals surface area contributed by atoms with Crippen molar-refractivity contribution in [3.63, 3.8) is 0 Å². The van der Waals surface area contributed by atoms with E-state index in [9.17, 15) is 0 Å². The van der Waals surface area contributed by atoms with Crippen LogP contribution in [0, 0.1) is 5.92 Å². The number of hydrogen-bond acceptors (Lipinski definition) is 1. The fourth-order valence-corrected chi connectivity index (χ4v) is 1.34. The monoisotopic (exact) mass is 169 g/mol. The van der Waals surface area contributed by atoms with Gasteiger partial charge in [0.2, 0.25) is 0 Å². The van der Waals surface area contributed by atoms with Crippen LogP contribution < -0.4 is 5.73 Å². The molecule has 1 fully saturated rings. The summed E-state index contributed by atoms with van der Waals surface area (Å²) in [7, 11) is 1.76. The number of rotatable bonds is 3. The Hall–Kier alpha value is -0.730. The van der Waals surface area contributed by atoms with E-state index in [0.717, 1.165) is 6.54 Å². The maximum Gasteiger partial charge on any atom is 0.191 e. The van der Waals surface area contributed by atoms with Crippen LogP contribution in [0.4, 0.5) is 0 Å². The first-order chi connectivity index (χ1) is 5.65. The number of nitrogens with zero attached hydrogens (tertiary/aromatic N) is 2. The van der Waals surface area contributed by atoms with E-state index >= 15 is 0 Å². The average molecular weight is 169 g/mol. The van der Waals surface area contributed by atoms with E-state index in [2.05, 4.69) is 23.7 Å². The van der Waals surface area contributed by atoms with Crippen molar-refractivity contribution in [1.29, 1.82) is 0 Å². The molecular weight excluding hydrogens is 150 g/mol. The van der Waals surface area contributed by atoms with Gasteiger partial charge in [-0.3, -0.25) is 4.99 Å². The van der Waals surface area contributed by atoms with Crippen LogP contribution in [0.3, 0.4) is 0 Å².